The van der Waals surface area contributed by atoms with E-state index < -0.39 is 52.1 Å². The van der Waals surface area contributed by atoms with Crippen molar-refractivity contribution in [3.63, 3.8) is 0 Å². The summed E-state index contributed by atoms with van der Waals surface area (Å²) in [6.07, 6.45) is -1.08. The number of alkyl carbamates (subject to hydrolysis) is 1. The summed E-state index contributed by atoms with van der Waals surface area (Å²) in [4.78, 5) is 26.1. The second-order valence-electron chi connectivity index (χ2n) is 14.0. The first kappa shape index (κ1) is 38.4. The third-order valence-electron chi connectivity index (χ3n) is 9.08. The maximum absolute atomic E-state index is 14.2. The number of ether oxygens (including phenoxy) is 3. The predicted molar refractivity (Wildman–Crippen MR) is 184 cm³/mol. The first-order valence-electron chi connectivity index (χ1n) is 16.9. The average molecular weight is 705 g/mol. The fraction of sp³-hybridized carbons (Fsp3) is 0.600. The van der Waals surface area contributed by atoms with E-state index in [1.165, 1.54) is 33.5 Å². The lowest BCUT2D eigenvalue weighted by atomic mass is 9.87. The molecule has 13 nitrogen and oxygen atoms in total. The van der Waals surface area contributed by atoms with Crippen LogP contribution in [0.1, 0.15) is 58.9 Å². The third-order valence-corrected chi connectivity index (χ3v) is 10.9. The van der Waals surface area contributed by atoms with E-state index in [9.17, 15) is 28.2 Å². The van der Waals surface area contributed by atoms with E-state index in [1.807, 2.05) is 44.2 Å². The number of unbranched alkanes of at least 4 members (excludes halogenated alkanes) is 1. The molecule has 2 saturated heterocycles. The number of amides is 2. The Morgan fingerprint density at radius 1 is 1.08 bits per heavy atom. The zero-order valence-electron chi connectivity index (χ0n) is 28.9. The molecule has 2 aromatic carbocycles. The number of hydrogen-bond donors (Lipinski definition) is 4. The molecule has 0 unspecified atom stereocenters. The van der Waals surface area contributed by atoms with Crippen LogP contribution in [0.3, 0.4) is 0 Å². The topological polar surface area (TPSA) is 181 Å². The normalized spacial score (nSPS) is 20.6. The van der Waals surface area contributed by atoms with Crippen molar-refractivity contribution >= 4 is 27.9 Å². The predicted octanol–water partition coefficient (Wildman–Crippen LogP) is 4.30. The summed E-state index contributed by atoms with van der Waals surface area (Å²) in [7, 11) is -4.16. The molecule has 2 amide bonds. The number of sulfonamides is 1. The lowest BCUT2D eigenvalue weighted by molar-refractivity contribution is -0.0906. The standard InChI is InChI=1S/C35H52N4O9S/c1-24(2)48-33(41)37-18-9-8-17-35(3,4)23-38(49(44,45)27-14-12-26(36)13-15-27)21-31(40)29(20-25-10-6-5-7-11-25)39(34(42)43)30-22-47-32-28(30)16-19-46-32/h5-7,10-15,24,28-32,40H,8-9,16-23,36H2,1-4H3,(H,37,41)(H,42,43)/t28-,29+,30-,31-,32+/m1/s1. The van der Waals surface area contributed by atoms with Crippen molar-refractivity contribution < 1.29 is 42.4 Å². The molecule has 0 aliphatic carbocycles. The molecular formula is C35H52N4O9S. The summed E-state index contributed by atoms with van der Waals surface area (Å²) in [5.41, 5.74) is 6.52. The minimum atomic E-state index is -4.16. The molecule has 2 aliphatic heterocycles. The molecule has 2 fully saturated rings. The first-order chi connectivity index (χ1) is 23.2. The van der Waals surface area contributed by atoms with Crippen molar-refractivity contribution in [1.82, 2.24) is 14.5 Å². The number of nitrogens with zero attached hydrogens (tertiary/aromatic N) is 2. The van der Waals surface area contributed by atoms with Gasteiger partial charge in [-0.15, -0.1) is 0 Å². The van der Waals surface area contributed by atoms with Crippen molar-refractivity contribution in [2.75, 3.05) is 38.6 Å². The van der Waals surface area contributed by atoms with Crippen LogP contribution in [0.2, 0.25) is 0 Å². The highest BCUT2D eigenvalue weighted by Gasteiger charge is 2.49. The van der Waals surface area contributed by atoms with E-state index in [-0.39, 0.29) is 43.0 Å². The van der Waals surface area contributed by atoms with E-state index in [2.05, 4.69) is 5.32 Å². The minimum Gasteiger partial charge on any atom is -0.465 e. The average Bonchev–Trinajstić information content (AvgIpc) is 3.65. The molecule has 5 N–H and O–H groups in total. The number of carboxylic acid groups (broad SMARTS) is 1. The molecule has 4 rings (SSSR count). The number of aliphatic hydroxyl groups excluding tert-OH is 1. The summed E-state index contributed by atoms with van der Waals surface area (Å²) in [6, 6.07) is 13.6. The Kier molecular flexibility index (Phi) is 13.3. The summed E-state index contributed by atoms with van der Waals surface area (Å²) < 4.78 is 46.3. The van der Waals surface area contributed by atoms with Crippen molar-refractivity contribution in [2.45, 2.75) is 95.3 Å². The molecule has 0 saturated carbocycles. The van der Waals surface area contributed by atoms with Gasteiger partial charge in [-0.1, -0.05) is 50.6 Å². The Balaban J connectivity index is 1.59. The molecule has 0 bridgehead atoms. The second kappa shape index (κ2) is 17.0. The lowest BCUT2D eigenvalue weighted by Gasteiger charge is -2.40. The van der Waals surface area contributed by atoms with E-state index in [1.54, 1.807) is 13.8 Å². The highest BCUT2D eigenvalue weighted by molar-refractivity contribution is 7.89. The Bertz CT molecular complexity index is 1470. The fourth-order valence-electron chi connectivity index (χ4n) is 6.63. The van der Waals surface area contributed by atoms with E-state index in [0.717, 1.165) is 5.56 Å². The van der Waals surface area contributed by atoms with Crippen LogP contribution in [-0.4, -0.2) is 103 Å². The van der Waals surface area contributed by atoms with Gasteiger partial charge in [0.25, 0.3) is 0 Å². The number of hydrogen-bond acceptors (Lipinski definition) is 9. The number of fused-ring (bicyclic) bond motifs is 1. The van der Waals surface area contributed by atoms with Crippen LogP contribution < -0.4 is 11.1 Å². The number of benzene rings is 2. The summed E-state index contributed by atoms with van der Waals surface area (Å²) in [5, 5.41) is 25.3. The van der Waals surface area contributed by atoms with Crippen molar-refractivity contribution in [2.24, 2.45) is 11.3 Å². The lowest BCUT2D eigenvalue weighted by Crippen LogP contribution is -2.58. The number of aliphatic hydroxyl groups is 1. The van der Waals surface area contributed by atoms with E-state index in [4.69, 9.17) is 19.9 Å². The van der Waals surface area contributed by atoms with Crippen molar-refractivity contribution in [1.29, 1.82) is 0 Å². The van der Waals surface area contributed by atoms with Crippen LogP contribution in [0.15, 0.2) is 59.5 Å². The Morgan fingerprint density at radius 2 is 1.78 bits per heavy atom. The van der Waals surface area contributed by atoms with Gasteiger partial charge in [-0.05, 0) is 74.8 Å². The van der Waals surface area contributed by atoms with Crippen LogP contribution in [-0.2, 0) is 30.7 Å². The number of nitrogens with one attached hydrogen (secondary N) is 1. The van der Waals surface area contributed by atoms with Crippen LogP contribution in [0.25, 0.3) is 0 Å². The number of carbonyl (C=O) groups is 2. The highest BCUT2D eigenvalue weighted by atomic mass is 32.2. The zero-order valence-corrected chi connectivity index (χ0v) is 29.7. The van der Waals surface area contributed by atoms with Crippen molar-refractivity contribution in [3.8, 4) is 0 Å². The van der Waals surface area contributed by atoms with E-state index >= 15 is 0 Å². The zero-order chi connectivity index (χ0) is 35.8. The molecule has 49 heavy (non-hydrogen) atoms. The van der Waals surface area contributed by atoms with Gasteiger partial charge in [-0.3, -0.25) is 4.90 Å². The number of nitrogen functional groups attached to an aromatic ring is 1. The number of carbonyl (C=O) groups excluding carboxylic acids is 1. The van der Waals surface area contributed by atoms with Gasteiger partial charge in [0.05, 0.1) is 42.4 Å². The van der Waals surface area contributed by atoms with Crippen LogP contribution in [0.4, 0.5) is 15.3 Å². The SMILES string of the molecule is CC(C)OC(=O)NCCCCC(C)(C)CN(C[C@@H](O)[C@H](Cc1ccccc1)N(C(=O)O)[C@@H]1CO[C@@H]2OCC[C@@H]21)S(=O)(=O)c1ccc(N)cc1. The van der Waals surface area contributed by atoms with Crippen LogP contribution in [0.5, 0.6) is 0 Å². The molecule has 0 radical (unpaired) electrons. The molecule has 0 spiro atoms. The largest absolute Gasteiger partial charge is 0.465 e. The third kappa shape index (κ3) is 10.5. The number of anilines is 1. The first-order valence-corrected chi connectivity index (χ1v) is 18.4. The Hall–Kier alpha value is -3.43. The molecular weight excluding hydrogens is 652 g/mol. The fourth-order valence-corrected chi connectivity index (χ4v) is 8.28. The smallest absolute Gasteiger partial charge is 0.407 e. The molecule has 5 atom stereocenters. The van der Waals surface area contributed by atoms with Crippen LogP contribution in [0, 0.1) is 11.3 Å². The minimum absolute atomic E-state index is 0.0161. The quantitative estimate of drug-likeness (QED) is 0.137. The van der Waals surface area contributed by atoms with E-state index in [0.29, 0.717) is 44.5 Å². The maximum Gasteiger partial charge on any atom is 0.407 e. The summed E-state index contributed by atoms with van der Waals surface area (Å²) >= 11 is 0. The van der Waals surface area contributed by atoms with Gasteiger partial charge in [0, 0.05) is 31.2 Å². The van der Waals surface area contributed by atoms with Gasteiger partial charge in [-0.2, -0.15) is 4.31 Å². The van der Waals surface area contributed by atoms with Gasteiger partial charge in [0.15, 0.2) is 6.29 Å². The van der Waals surface area contributed by atoms with Gasteiger partial charge < -0.3 is 35.5 Å². The molecule has 2 aliphatic rings. The molecule has 2 aromatic rings. The Labute approximate surface area is 289 Å². The number of rotatable bonds is 17. The number of nitrogens with two attached hydrogens (primary N) is 1. The van der Waals surface area contributed by atoms with Crippen LogP contribution >= 0.6 is 0 Å². The van der Waals surface area contributed by atoms with Gasteiger partial charge in [-0.25, -0.2) is 18.0 Å². The van der Waals surface area contributed by atoms with Gasteiger partial charge in [0.2, 0.25) is 10.0 Å². The maximum atomic E-state index is 14.2. The highest BCUT2D eigenvalue weighted by Crippen LogP contribution is 2.36. The van der Waals surface area contributed by atoms with Gasteiger partial charge >= 0.3 is 12.2 Å². The van der Waals surface area contributed by atoms with Crippen molar-refractivity contribution in [3.05, 3.63) is 60.2 Å². The van der Waals surface area contributed by atoms with Gasteiger partial charge in [0.1, 0.15) is 0 Å². The summed E-state index contributed by atoms with van der Waals surface area (Å²) in [5.74, 6) is -0.197. The molecule has 0 aromatic heterocycles. The second-order valence-corrected chi connectivity index (χ2v) is 15.9. The monoisotopic (exact) mass is 704 g/mol. The summed E-state index contributed by atoms with van der Waals surface area (Å²) in [6.45, 7) is 8.13. The molecule has 272 valence electrons. The molecule has 2 heterocycles. The Morgan fingerprint density at radius 3 is 2.43 bits per heavy atom. The molecule has 14 heteroatoms.